The van der Waals surface area contributed by atoms with Gasteiger partial charge in [0.1, 0.15) is 19.3 Å². The van der Waals surface area contributed by atoms with Crippen molar-refractivity contribution in [2.24, 2.45) is 23.7 Å². The van der Waals surface area contributed by atoms with Crippen LogP contribution in [0.2, 0.25) is 0 Å². The van der Waals surface area contributed by atoms with Gasteiger partial charge < -0.3 is 33.8 Å². The van der Waals surface area contributed by atoms with Gasteiger partial charge >= 0.3 is 39.5 Å². The third-order valence-corrected chi connectivity index (χ3v) is 19.0. The van der Waals surface area contributed by atoms with Crippen molar-refractivity contribution in [3.63, 3.8) is 0 Å². The van der Waals surface area contributed by atoms with E-state index in [4.69, 9.17) is 37.0 Å². The maximum atomic E-state index is 13.0. The van der Waals surface area contributed by atoms with E-state index in [0.717, 1.165) is 114 Å². The smallest absolute Gasteiger partial charge is 0.462 e. The van der Waals surface area contributed by atoms with E-state index in [9.17, 15) is 43.2 Å². The highest BCUT2D eigenvalue weighted by Gasteiger charge is 2.30. The minimum atomic E-state index is -4.95. The third-order valence-electron chi connectivity index (χ3n) is 17.1. The number of carbonyl (C=O) groups excluding carboxylic acids is 4. The summed E-state index contributed by atoms with van der Waals surface area (Å²) in [7, 11) is -9.91. The molecule has 0 fully saturated rings. The highest BCUT2D eigenvalue weighted by molar-refractivity contribution is 7.47. The van der Waals surface area contributed by atoms with E-state index >= 15 is 0 Å². The highest BCUT2D eigenvalue weighted by Crippen LogP contribution is 2.45. The predicted molar refractivity (Wildman–Crippen MR) is 377 cm³/mol. The molecule has 552 valence electrons. The number of carbonyl (C=O) groups is 4. The molecule has 3 N–H and O–H groups in total. The number of aliphatic hydroxyl groups is 1. The summed E-state index contributed by atoms with van der Waals surface area (Å²) < 4.78 is 68.4. The zero-order chi connectivity index (χ0) is 68.9. The van der Waals surface area contributed by atoms with Gasteiger partial charge in [-0.1, -0.05) is 319 Å². The van der Waals surface area contributed by atoms with Gasteiger partial charge in [0.15, 0.2) is 12.2 Å². The number of rotatable bonds is 71. The standard InChI is InChI=1S/C74H144O17P2/c1-64(2)50-42-34-26-20-16-12-10-9-11-13-18-22-29-38-46-54-71(76)84-60-69(91-74(79)57-49-41-31-25-24-28-36-44-52-66(5)6)62-88-92(80,81)86-58-68(75)59-87-93(82,83)89-63-70(61-85-72(77)55-47-39-33-32-37-45-53-67(7)8)90-73(78)56-48-40-30-23-19-15-14-17-21-27-35-43-51-65(3)4/h64-70,75H,9-63H2,1-8H3,(H,80,81)(H,82,83)/t68-,69-,70-/m1/s1. The van der Waals surface area contributed by atoms with Gasteiger partial charge in [-0.25, -0.2) is 9.13 Å². The van der Waals surface area contributed by atoms with Crippen molar-refractivity contribution in [3.05, 3.63) is 0 Å². The Labute approximate surface area is 568 Å². The Morgan fingerprint density at radius 1 is 0.269 bits per heavy atom. The van der Waals surface area contributed by atoms with E-state index in [1.807, 2.05) is 0 Å². The second-order valence-electron chi connectivity index (χ2n) is 28.6. The lowest BCUT2D eigenvalue weighted by Crippen LogP contribution is -2.30. The summed E-state index contributed by atoms with van der Waals surface area (Å²) in [4.78, 5) is 72.7. The lowest BCUT2D eigenvalue weighted by Gasteiger charge is -2.21. The molecular weight excluding hydrogens is 1220 g/mol. The largest absolute Gasteiger partial charge is 0.472 e. The fourth-order valence-corrected chi connectivity index (χ4v) is 12.8. The summed E-state index contributed by atoms with van der Waals surface area (Å²) in [5.41, 5.74) is 0. The lowest BCUT2D eigenvalue weighted by atomic mass is 10.0. The molecule has 0 bridgehead atoms. The quantitative estimate of drug-likeness (QED) is 0.0222. The molecule has 0 aliphatic carbocycles. The Morgan fingerprint density at radius 2 is 0.452 bits per heavy atom. The normalized spacial score (nSPS) is 14.2. The molecule has 0 aliphatic rings. The minimum absolute atomic E-state index is 0.104. The van der Waals surface area contributed by atoms with E-state index < -0.39 is 97.5 Å². The topological polar surface area (TPSA) is 237 Å². The number of esters is 4. The molecule has 5 atom stereocenters. The molecule has 0 radical (unpaired) electrons. The molecule has 17 nitrogen and oxygen atoms in total. The molecule has 0 aromatic carbocycles. The van der Waals surface area contributed by atoms with E-state index in [-0.39, 0.29) is 25.7 Å². The van der Waals surface area contributed by atoms with Crippen LogP contribution in [0.4, 0.5) is 0 Å². The van der Waals surface area contributed by atoms with Crippen LogP contribution in [0.3, 0.4) is 0 Å². The van der Waals surface area contributed by atoms with Gasteiger partial charge in [0.2, 0.25) is 0 Å². The van der Waals surface area contributed by atoms with Crippen LogP contribution in [-0.2, 0) is 65.4 Å². The highest BCUT2D eigenvalue weighted by atomic mass is 31.2. The summed E-state index contributed by atoms with van der Waals surface area (Å²) in [6.07, 6.45) is 47.4. The average molecular weight is 1370 g/mol. The van der Waals surface area contributed by atoms with E-state index in [0.29, 0.717) is 31.6 Å². The van der Waals surface area contributed by atoms with Crippen molar-refractivity contribution in [2.75, 3.05) is 39.6 Å². The van der Waals surface area contributed by atoms with Crippen molar-refractivity contribution in [3.8, 4) is 0 Å². The zero-order valence-electron chi connectivity index (χ0n) is 60.9. The van der Waals surface area contributed by atoms with Crippen LogP contribution in [0.5, 0.6) is 0 Å². The fourth-order valence-electron chi connectivity index (χ4n) is 11.2. The number of hydrogen-bond acceptors (Lipinski definition) is 15. The second-order valence-corrected chi connectivity index (χ2v) is 31.5. The fraction of sp³-hybridized carbons (Fsp3) is 0.946. The van der Waals surface area contributed by atoms with Crippen LogP contribution in [-0.4, -0.2) is 96.7 Å². The van der Waals surface area contributed by atoms with Crippen LogP contribution in [0.1, 0.15) is 370 Å². The molecule has 0 heterocycles. The number of ether oxygens (including phenoxy) is 4. The summed E-state index contributed by atoms with van der Waals surface area (Å²) >= 11 is 0. The molecule has 0 aliphatic heterocycles. The SMILES string of the molecule is CC(C)CCCCCCCCCCCCCCCCCC(=O)OC[C@H](COP(=O)(O)OC[C@@H](O)COP(=O)(O)OC[C@@H](COC(=O)CCCCCCCCC(C)C)OC(=O)CCCCCCCCCCCCCCC(C)C)OC(=O)CCCCCCCCCCC(C)C. The van der Waals surface area contributed by atoms with E-state index in [1.165, 1.54) is 167 Å². The van der Waals surface area contributed by atoms with E-state index in [1.54, 1.807) is 0 Å². The monoisotopic (exact) mass is 1370 g/mol. The Morgan fingerprint density at radius 3 is 0.667 bits per heavy atom. The molecule has 0 rings (SSSR count). The molecule has 0 spiro atoms. The Hall–Kier alpha value is -1.94. The number of aliphatic hydroxyl groups excluding tert-OH is 1. The van der Waals surface area contributed by atoms with Gasteiger partial charge in [0, 0.05) is 25.7 Å². The van der Waals surface area contributed by atoms with Crippen molar-refractivity contribution < 1.29 is 80.2 Å². The van der Waals surface area contributed by atoms with Gasteiger partial charge in [-0.05, 0) is 49.4 Å². The zero-order valence-corrected chi connectivity index (χ0v) is 62.7. The van der Waals surface area contributed by atoms with Crippen LogP contribution < -0.4 is 0 Å². The van der Waals surface area contributed by atoms with Crippen molar-refractivity contribution in [2.45, 2.75) is 388 Å². The number of phosphoric ester groups is 2. The van der Waals surface area contributed by atoms with E-state index in [2.05, 4.69) is 55.4 Å². The van der Waals surface area contributed by atoms with Gasteiger partial charge in [-0.15, -0.1) is 0 Å². The second kappa shape index (κ2) is 63.5. The molecule has 0 aromatic heterocycles. The van der Waals surface area contributed by atoms with Crippen molar-refractivity contribution in [1.29, 1.82) is 0 Å². The maximum Gasteiger partial charge on any atom is 0.472 e. The van der Waals surface area contributed by atoms with Crippen molar-refractivity contribution in [1.82, 2.24) is 0 Å². The first-order valence-corrected chi connectivity index (χ1v) is 41.2. The third kappa shape index (κ3) is 68.4. The first kappa shape index (κ1) is 91.1. The Bertz CT molecular complexity index is 1830. The average Bonchev–Trinajstić information content (AvgIpc) is 3.10. The first-order valence-electron chi connectivity index (χ1n) is 38.2. The summed E-state index contributed by atoms with van der Waals surface area (Å²) in [6, 6.07) is 0. The molecule has 0 amide bonds. The summed E-state index contributed by atoms with van der Waals surface area (Å²) in [5.74, 6) is 0.854. The molecule has 19 heteroatoms. The molecule has 2 unspecified atom stereocenters. The van der Waals surface area contributed by atoms with Crippen LogP contribution in [0, 0.1) is 23.7 Å². The molecule has 0 aromatic rings. The van der Waals surface area contributed by atoms with Gasteiger partial charge in [0.05, 0.1) is 26.4 Å². The van der Waals surface area contributed by atoms with Crippen molar-refractivity contribution >= 4 is 39.5 Å². The Balaban J connectivity index is 5.19. The van der Waals surface area contributed by atoms with Crippen LogP contribution in [0.15, 0.2) is 0 Å². The van der Waals surface area contributed by atoms with Gasteiger partial charge in [0.25, 0.3) is 0 Å². The van der Waals surface area contributed by atoms with Gasteiger partial charge in [-0.3, -0.25) is 37.3 Å². The predicted octanol–water partition coefficient (Wildman–Crippen LogP) is 21.3. The number of unbranched alkanes of at least 4 members (excludes halogenated alkanes) is 37. The van der Waals surface area contributed by atoms with Crippen LogP contribution >= 0.6 is 15.6 Å². The molecule has 93 heavy (non-hydrogen) atoms. The Kier molecular flexibility index (Phi) is 62.2. The molecular formula is C74H144O17P2. The number of hydrogen-bond donors (Lipinski definition) is 3. The van der Waals surface area contributed by atoms with Gasteiger partial charge in [-0.2, -0.15) is 0 Å². The lowest BCUT2D eigenvalue weighted by molar-refractivity contribution is -0.161. The van der Waals surface area contributed by atoms with Crippen LogP contribution in [0.25, 0.3) is 0 Å². The summed E-state index contributed by atoms with van der Waals surface area (Å²) in [5, 5.41) is 10.6. The maximum absolute atomic E-state index is 13.0. The first-order chi connectivity index (χ1) is 44.6. The summed E-state index contributed by atoms with van der Waals surface area (Å²) in [6.45, 7) is 14.1. The minimum Gasteiger partial charge on any atom is -0.462 e. The number of phosphoric acid groups is 2. The molecule has 0 saturated heterocycles. The molecule has 0 saturated carbocycles.